The van der Waals surface area contributed by atoms with Crippen molar-refractivity contribution >= 4 is 23.1 Å². The lowest BCUT2D eigenvalue weighted by Gasteiger charge is -1.85. The van der Waals surface area contributed by atoms with E-state index in [1.807, 2.05) is 19.1 Å². The Morgan fingerprint density at radius 3 is 2.88 bits per heavy atom. The number of rotatable bonds is 2. The van der Waals surface area contributed by atoms with E-state index in [4.69, 9.17) is 0 Å². The highest BCUT2D eigenvalue weighted by molar-refractivity contribution is 7.11. The van der Waals surface area contributed by atoms with E-state index in [9.17, 15) is 9.59 Å². The number of thiophene rings is 1. The van der Waals surface area contributed by atoms with Crippen LogP contribution in [0, 0.1) is 6.92 Å². The third-order valence-corrected chi connectivity index (χ3v) is 3.19. The number of esters is 1. The SMILES string of the molecule is Cc1ccc(CC=C=C2C(=O)COC2=O)s1. The standard InChI is InChI=1S/C12H10O3S/c1-8-5-6-9(16-8)3-2-4-10-11(13)7-15-12(10)14/h2,5-6H,3,7H2,1H3. The van der Waals surface area contributed by atoms with E-state index in [1.165, 1.54) is 9.75 Å². The van der Waals surface area contributed by atoms with Gasteiger partial charge in [0.05, 0.1) is 0 Å². The van der Waals surface area contributed by atoms with Crippen LogP contribution in [0.3, 0.4) is 0 Å². The van der Waals surface area contributed by atoms with E-state index < -0.39 is 5.97 Å². The minimum atomic E-state index is -0.566. The summed E-state index contributed by atoms with van der Waals surface area (Å²) < 4.78 is 4.58. The van der Waals surface area contributed by atoms with E-state index in [-0.39, 0.29) is 18.0 Å². The topological polar surface area (TPSA) is 43.4 Å². The van der Waals surface area contributed by atoms with Gasteiger partial charge in [-0.15, -0.1) is 17.1 Å². The predicted octanol–water partition coefficient (Wildman–Crippen LogP) is 1.81. The van der Waals surface area contributed by atoms with E-state index in [0.717, 1.165) is 0 Å². The lowest BCUT2D eigenvalue weighted by atomic mass is 10.2. The fourth-order valence-electron chi connectivity index (χ4n) is 1.38. The molecule has 1 aliphatic heterocycles. The molecule has 1 aromatic heterocycles. The molecule has 0 aliphatic carbocycles. The zero-order valence-electron chi connectivity index (χ0n) is 8.78. The summed E-state index contributed by atoms with van der Waals surface area (Å²) in [5.41, 5.74) is 2.75. The maximum Gasteiger partial charge on any atom is 0.350 e. The Morgan fingerprint density at radius 2 is 2.31 bits per heavy atom. The Bertz CT molecular complexity index is 486. The number of ether oxygens (including phenoxy) is 1. The van der Waals surface area contributed by atoms with Crippen LogP contribution in [-0.2, 0) is 20.7 Å². The molecule has 16 heavy (non-hydrogen) atoms. The monoisotopic (exact) mass is 234 g/mol. The summed E-state index contributed by atoms with van der Waals surface area (Å²) >= 11 is 1.69. The van der Waals surface area contributed by atoms with Crippen molar-refractivity contribution in [1.29, 1.82) is 0 Å². The van der Waals surface area contributed by atoms with E-state index in [2.05, 4.69) is 10.5 Å². The normalized spacial score (nSPS) is 14.9. The van der Waals surface area contributed by atoms with Gasteiger partial charge in [-0.3, -0.25) is 4.79 Å². The minimum absolute atomic E-state index is 0.0354. The largest absolute Gasteiger partial charge is 0.453 e. The fraction of sp³-hybridized carbons (Fsp3) is 0.250. The molecule has 2 heterocycles. The average Bonchev–Trinajstić information content (AvgIpc) is 2.78. The highest BCUT2D eigenvalue weighted by Gasteiger charge is 2.27. The molecule has 3 nitrogen and oxygen atoms in total. The van der Waals surface area contributed by atoms with Gasteiger partial charge in [-0.05, 0) is 25.1 Å². The second-order valence-corrected chi connectivity index (χ2v) is 4.81. The molecule has 4 heteroatoms. The highest BCUT2D eigenvalue weighted by Crippen LogP contribution is 2.16. The first kappa shape index (κ1) is 10.9. The quantitative estimate of drug-likeness (QED) is 0.339. The molecule has 1 saturated heterocycles. The molecule has 0 radical (unpaired) electrons. The van der Waals surface area contributed by atoms with Crippen molar-refractivity contribution in [3.8, 4) is 0 Å². The second-order valence-electron chi connectivity index (χ2n) is 3.44. The van der Waals surface area contributed by atoms with Crippen LogP contribution < -0.4 is 0 Å². The zero-order valence-corrected chi connectivity index (χ0v) is 9.60. The number of hydrogen-bond acceptors (Lipinski definition) is 4. The van der Waals surface area contributed by atoms with Crippen molar-refractivity contribution in [3.05, 3.63) is 39.3 Å². The van der Waals surface area contributed by atoms with Crippen molar-refractivity contribution < 1.29 is 14.3 Å². The second kappa shape index (κ2) is 4.47. The van der Waals surface area contributed by atoms with Gasteiger partial charge >= 0.3 is 5.97 Å². The van der Waals surface area contributed by atoms with Gasteiger partial charge in [0.15, 0.2) is 6.61 Å². The number of Topliss-reactive ketones (excluding diaryl/α,β-unsaturated/α-hetero) is 1. The Balaban J connectivity index is 2.11. The minimum Gasteiger partial charge on any atom is -0.453 e. The van der Waals surface area contributed by atoms with Crippen LogP contribution in [0.15, 0.2) is 29.5 Å². The number of cyclic esters (lactones) is 1. The highest BCUT2D eigenvalue weighted by atomic mass is 32.1. The zero-order chi connectivity index (χ0) is 11.5. The third-order valence-electron chi connectivity index (χ3n) is 2.16. The summed E-state index contributed by atoms with van der Waals surface area (Å²) in [7, 11) is 0. The van der Waals surface area contributed by atoms with Gasteiger partial charge in [0, 0.05) is 16.2 Å². The van der Waals surface area contributed by atoms with Gasteiger partial charge in [0.2, 0.25) is 5.78 Å². The van der Waals surface area contributed by atoms with Gasteiger partial charge in [-0.25, -0.2) is 4.79 Å². The number of carbonyl (C=O) groups excluding carboxylic acids is 2. The molecule has 1 fully saturated rings. The lowest BCUT2D eigenvalue weighted by molar-refractivity contribution is -0.135. The smallest absolute Gasteiger partial charge is 0.350 e. The van der Waals surface area contributed by atoms with Crippen LogP contribution in [0.2, 0.25) is 0 Å². The van der Waals surface area contributed by atoms with Crippen molar-refractivity contribution in [2.45, 2.75) is 13.3 Å². The van der Waals surface area contributed by atoms with Crippen molar-refractivity contribution in [2.24, 2.45) is 0 Å². The van der Waals surface area contributed by atoms with Crippen LogP contribution in [0.5, 0.6) is 0 Å². The van der Waals surface area contributed by atoms with Gasteiger partial charge in [0.1, 0.15) is 5.57 Å². The molecule has 0 amide bonds. The maximum absolute atomic E-state index is 11.2. The predicted molar refractivity (Wildman–Crippen MR) is 60.3 cm³/mol. The Labute approximate surface area is 97.0 Å². The molecule has 1 aliphatic rings. The number of hydrogen-bond donors (Lipinski definition) is 0. The van der Waals surface area contributed by atoms with Crippen molar-refractivity contribution in [3.63, 3.8) is 0 Å². The van der Waals surface area contributed by atoms with Gasteiger partial charge in [-0.2, -0.15) is 0 Å². The van der Waals surface area contributed by atoms with Crippen LogP contribution >= 0.6 is 11.3 Å². The summed E-state index contributed by atoms with van der Waals surface area (Å²) in [5, 5.41) is 0. The van der Waals surface area contributed by atoms with Crippen molar-refractivity contribution in [1.82, 2.24) is 0 Å². The molecule has 1 aromatic rings. The Hall–Kier alpha value is -1.64. The molecular weight excluding hydrogens is 224 g/mol. The van der Waals surface area contributed by atoms with Gasteiger partial charge < -0.3 is 4.74 Å². The van der Waals surface area contributed by atoms with E-state index >= 15 is 0 Å². The van der Waals surface area contributed by atoms with E-state index in [1.54, 1.807) is 17.4 Å². The molecule has 0 spiro atoms. The average molecular weight is 234 g/mol. The Morgan fingerprint density at radius 1 is 1.50 bits per heavy atom. The van der Waals surface area contributed by atoms with Gasteiger partial charge in [-0.1, -0.05) is 0 Å². The maximum atomic E-state index is 11.2. The third kappa shape index (κ3) is 2.30. The molecule has 0 aromatic carbocycles. The van der Waals surface area contributed by atoms with Crippen LogP contribution in [0.4, 0.5) is 0 Å². The van der Waals surface area contributed by atoms with Gasteiger partial charge in [0.25, 0.3) is 0 Å². The molecule has 0 N–H and O–H groups in total. The first-order valence-corrected chi connectivity index (χ1v) is 5.69. The lowest BCUT2D eigenvalue weighted by Crippen LogP contribution is -1.98. The molecule has 0 unspecified atom stereocenters. The number of aryl methyl sites for hydroxylation is 1. The molecule has 0 saturated carbocycles. The number of ketones is 1. The molecule has 0 bridgehead atoms. The summed E-state index contributed by atoms with van der Waals surface area (Å²) in [6.07, 6.45) is 2.38. The number of carbonyl (C=O) groups is 2. The van der Waals surface area contributed by atoms with Crippen LogP contribution in [-0.4, -0.2) is 18.4 Å². The summed E-state index contributed by atoms with van der Waals surface area (Å²) in [4.78, 5) is 24.7. The van der Waals surface area contributed by atoms with E-state index in [0.29, 0.717) is 6.42 Å². The molecule has 82 valence electrons. The molecular formula is C12H10O3S. The summed E-state index contributed by atoms with van der Waals surface area (Å²) in [5.74, 6) is -0.854. The molecule has 0 atom stereocenters. The van der Waals surface area contributed by atoms with Crippen LogP contribution in [0.25, 0.3) is 0 Å². The summed E-state index contributed by atoms with van der Waals surface area (Å²) in [6.45, 7) is 1.89. The summed E-state index contributed by atoms with van der Waals surface area (Å²) in [6, 6.07) is 4.06. The first-order chi connectivity index (χ1) is 7.66. The van der Waals surface area contributed by atoms with Crippen LogP contribution in [0.1, 0.15) is 9.75 Å². The molecule has 2 rings (SSSR count). The Kier molecular flexibility index (Phi) is 3.04. The first-order valence-electron chi connectivity index (χ1n) is 4.87. The van der Waals surface area contributed by atoms with Crippen molar-refractivity contribution in [2.75, 3.05) is 6.61 Å². The fourth-order valence-corrected chi connectivity index (χ4v) is 2.23.